The van der Waals surface area contributed by atoms with Crippen LogP contribution in [-0.2, 0) is 0 Å². The number of aromatic hydroxyl groups is 1. The number of rotatable bonds is 6. The maximum atomic E-state index is 12.6. The van der Waals surface area contributed by atoms with Gasteiger partial charge in [0.05, 0.1) is 22.4 Å². The Hall–Kier alpha value is -3.49. The number of phenols is 1. The van der Waals surface area contributed by atoms with Crippen LogP contribution in [0, 0.1) is 6.92 Å². The molecule has 0 saturated carbocycles. The molecule has 0 atom stereocenters. The Morgan fingerprint density at radius 1 is 1.15 bits per heavy atom. The zero-order chi connectivity index (χ0) is 23.4. The molecule has 0 aliphatic heterocycles. The SMILES string of the molecule is CCCOc1ccc(C(=O)NC(=S)Nc2cc(C)c(O)c(-c3nc4ccccc4s3)c2)cc1. The molecule has 4 aromatic rings. The van der Waals surface area contributed by atoms with Crippen LogP contribution in [0.5, 0.6) is 11.5 Å². The summed E-state index contributed by atoms with van der Waals surface area (Å²) in [7, 11) is 0. The average Bonchev–Trinajstić information content (AvgIpc) is 3.24. The first-order valence-corrected chi connectivity index (χ1v) is 11.7. The third kappa shape index (κ3) is 5.30. The van der Waals surface area contributed by atoms with E-state index >= 15 is 0 Å². The van der Waals surface area contributed by atoms with Crippen LogP contribution in [0.15, 0.2) is 60.7 Å². The Balaban J connectivity index is 1.48. The van der Waals surface area contributed by atoms with Crippen molar-refractivity contribution in [2.24, 2.45) is 0 Å². The van der Waals surface area contributed by atoms with E-state index in [1.807, 2.05) is 31.2 Å². The Morgan fingerprint density at radius 3 is 2.64 bits per heavy atom. The first-order valence-electron chi connectivity index (χ1n) is 10.5. The average molecular weight is 478 g/mol. The molecule has 1 heterocycles. The van der Waals surface area contributed by atoms with Gasteiger partial charge >= 0.3 is 0 Å². The van der Waals surface area contributed by atoms with E-state index in [0.29, 0.717) is 34.0 Å². The number of fused-ring (bicyclic) bond motifs is 1. The van der Waals surface area contributed by atoms with Crippen molar-refractivity contribution in [2.75, 3.05) is 11.9 Å². The summed E-state index contributed by atoms with van der Waals surface area (Å²) in [6.45, 7) is 4.47. The topological polar surface area (TPSA) is 83.5 Å². The third-order valence-electron chi connectivity index (χ3n) is 4.90. The summed E-state index contributed by atoms with van der Waals surface area (Å²) in [5.74, 6) is 0.562. The molecule has 6 nitrogen and oxygen atoms in total. The van der Waals surface area contributed by atoms with E-state index in [2.05, 4.69) is 15.6 Å². The fourth-order valence-corrected chi connectivity index (χ4v) is 4.46. The number of anilines is 1. The van der Waals surface area contributed by atoms with Gasteiger partial charge in [0.1, 0.15) is 16.5 Å². The number of ether oxygens (including phenoxy) is 1. The molecule has 3 aromatic carbocycles. The van der Waals surface area contributed by atoms with Crippen LogP contribution in [0.1, 0.15) is 29.3 Å². The monoisotopic (exact) mass is 477 g/mol. The molecule has 0 aliphatic carbocycles. The number of amides is 1. The molecule has 0 saturated heterocycles. The lowest BCUT2D eigenvalue weighted by Gasteiger charge is -2.13. The number of phenolic OH excluding ortho intramolecular Hbond substituents is 1. The molecular formula is C25H23N3O3S2. The Bertz CT molecular complexity index is 1280. The number of para-hydroxylation sites is 1. The minimum Gasteiger partial charge on any atom is -0.507 e. The van der Waals surface area contributed by atoms with Gasteiger partial charge in [-0.1, -0.05) is 19.1 Å². The fourth-order valence-electron chi connectivity index (χ4n) is 3.26. The van der Waals surface area contributed by atoms with Crippen molar-refractivity contribution < 1.29 is 14.6 Å². The highest BCUT2D eigenvalue weighted by atomic mass is 32.1. The zero-order valence-corrected chi connectivity index (χ0v) is 19.8. The third-order valence-corrected chi connectivity index (χ3v) is 6.17. The number of nitrogens with zero attached hydrogens (tertiary/aromatic N) is 1. The van der Waals surface area contributed by atoms with Crippen LogP contribution in [0.25, 0.3) is 20.8 Å². The summed E-state index contributed by atoms with van der Waals surface area (Å²) in [6.07, 6.45) is 0.916. The van der Waals surface area contributed by atoms with E-state index in [1.54, 1.807) is 43.3 Å². The fraction of sp³-hybridized carbons (Fsp3) is 0.160. The number of hydrogen-bond acceptors (Lipinski definition) is 6. The van der Waals surface area contributed by atoms with Gasteiger partial charge in [-0.15, -0.1) is 11.3 Å². The molecule has 0 fully saturated rings. The molecule has 0 aliphatic rings. The van der Waals surface area contributed by atoms with Gasteiger partial charge < -0.3 is 15.2 Å². The number of aromatic nitrogens is 1. The number of thiazole rings is 1. The van der Waals surface area contributed by atoms with Crippen molar-refractivity contribution in [2.45, 2.75) is 20.3 Å². The standard InChI is InChI=1S/C25H23N3O3S2/c1-3-12-31-18-10-8-16(9-11-18)23(30)28-25(32)26-17-13-15(2)22(29)19(14-17)24-27-20-6-4-5-7-21(20)33-24/h4-11,13-14,29H,3,12H2,1-2H3,(H2,26,28,30,32). The number of thiocarbonyl (C=S) groups is 1. The Labute approximate surface area is 201 Å². The highest BCUT2D eigenvalue weighted by Crippen LogP contribution is 2.38. The molecular weight excluding hydrogens is 454 g/mol. The second-order valence-electron chi connectivity index (χ2n) is 7.46. The summed E-state index contributed by atoms with van der Waals surface area (Å²) in [6, 6.07) is 18.3. The van der Waals surface area contributed by atoms with E-state index in [9.17, 15) is 9.90 Å². The van der Waals surface area contributed by atoms with Crippen LogP contribution in [0.3, 0.4) is 0 Å². The van der Waals surface area contributed by atoms with E-state index in [-0.39, 0.29) is 16.8 Å². The van der Waals surface area contributed by atoms with Crippen LogP contribution in [0.2, 0.25) is 0 Å². The van der Waals surface area contributed by atoms with Crippen LogP contribution >= 0.6 is 23.6 Å². The molecule has 8 heteroatoms. The van der Waals surface area contributed by atoms with E-state index in [1.165, 1.54) is 11.3 Å². The van der Waals surface area contributed by atoms with Gasteiger partial charge in [0.25, 0.3) is 5.91 Å². The lowest BCUT2D eigenvalue weighted by molar-refractivity contribution is 0.0977. The molecule has 0 spiro atoms. The summed E-state index contributed by atoms with van der Waals surface area (Å²) in [4.78, 5) is 17.2. The first kappa shape index (κ1) is 22.7. The van der Waals surface area contributed by atoms with E-state index in [4.69, 9.17) is 17.0 Å². The lowest BCUT2D eigenvalue weighted by atomic mass is 10.1. The van der Waals surface area contributed by atoms with Crippen LogP contribution in [0.4, 0.5) is 5.69 Å². The maximum Gasteiger partial charge on any atom is 0.257 e. The summed E-state index contributed by atoms with van der Waals surface area (Å²) in [5, 5.41) is 17.2. The van der Waals surface area contributed by atoms with Gasteiger partial charge in [-0.05, 0) is 79.7 Å². The zero-order valence-electron chi connectivity index (χ0n) is 18.2. The minimum absolute atomic E-state index is 0.159. The van der Waals surface area contributed by atoms with Crippen molar-refractivity contribution in [3.05, 3.63) is 71.8 Å². The number of aryl methyl sites for hydroxylation is 1. The van der Waals surface area contributed by atoms with Gasteiger partial charge in [-0.25, -0.2) is 4.98 Å². The summed E-state index contributed by atoms with van der Waals surface area (Å²) in [5.41, 5.74) is 3.27. The maximum absolute atomic E-state index is 12.6. The van der Waals surface area contributed by atoms with Gasteiger partial charge in [0.15, 0.2) is 5.11 Å². The largest absolute Gasteiger partial charge is 0.507 e. The van der Waals surface area contributed by atoms with Crippen LogP contribution < -0.4 is 15.4 Å². The minimum atomic E-state index is -0.323. The predicted molar refractivity (Wildman–Crippen MR) is 137 cm³/mol. The smallest absolute Gasteiger partial charge is 0.257 e. The van der Waals surface area contributed by atoms with Crippen molar-refractivity contribution in [3.8, 4) is 22.1 Å². The van der Waals surface area contributed by atoms with E-state index < -0.39 is 0 Å². The highest BCUT2D eigenvalue weighted by molar-refractivity contribution is 7.80. The quantitative estimate of drug-likeness (QED) is 0.237. The normalized spacial score (nSPS) is 10.7. The Morgan fingerprint density at radius 2 is 1.91 bits per heavy atom. The second kappa shape index (κ2) is 9.97. The second-order valence-corrected chi connectivity index (χ2v) is 8.90. The molecule has 1 aromatic heterocycles. The van der Waals surface area contributed by atoms with Crippen LogP contribution in [-0.4, -0.2) is 27.7 Å². The van der Waals surface area contributed by atoms with Gasteiger partial charge in [-0.3, -0.25) is 10.1 Å². The molecule has 33 heavy (non-hydrogen) atoms. The molecule has 0 bridgehead atoms. The summed E-state index contributed by atoms with van der Waals surface area (Å²) >= 11 is 6.84. The number of hydrogen-bond donors (Lipinski definition) is 3. The van der Waals surface area contributed by atoms with Gasteiger partial charge in [-0.2, -0.15) is 0 Å². The van der Waals surface area contributed by atoms with Crippen molar-refractivity contribution >= 4 is 50.5 Å². The Kier molecular flexibility index (Phi) is 6.86. The van der Waals surface area contributed by atoms with Crippen molar-refractivity contribution in [1.29, 1.82) is 0 Å². The van der Waals surface area contributed by atoms with Gasteiger partial charge in [0.2, 0.25) is 0 Å². The number of benzene rings is 3. The predicted octanol–water partition coefficient (Wildman–Crippen LogP) is 5.89. The van der Waals surface area contributed by atoms with Gasteiger partial charge in [0, 0.05) is 11.3 Å². The molecule has 0 radical (unpaired) electrons. The molecule has 0 unspecified atom stereocenters. The molecule has 3 N–H and O–H groups in total. The van der Waals surface area contributed by atoms with Crippen molar-refractivity contribution in [3.63, 3.8) is 0 Å². The molecule has 168 valence electrons. The summed E-state index contributed by atoms with van der Waals surface area (Å²) < 4.78 is 6.58. The molecule has 1 amide bonds. The number of nitrogens with one attached hydrogen (secondary N) is 2. The first-order chi connectivity index (χ1) is 15.9. The lowest BCUT2D eigenvalue weighted by Crippen LogP contribution is -2.34. The van der Waals surface area contributed by atoms with Crippen molar-refractivity contribution in [1.82, 2.24) is 10.3 Å². The number of carbonyl (C=O) groups excluding carboxylic acids is 1. The highest BCUT2D eigenvalue weighted by Gasteiger charge is 2.15. The molecule has 4 rings (SSSR count). The number of carbonyl (C=O) groups is 1. The van der Waals surface area contributed by atoms with E-state index in [0.717, 1.165) is 22.4 Å².